The van der Waals surface area contributed by atoms with Crippen molar-refractivity contribution in [1.82, 2.24) is 15.5 Å². The number of rotatable bonds is 7. The number of carbonyl (C=O) groups excluding carboxylic acids is 2. The Bertz CT molecular complexity index is 1050. The van der Waals surface area contributed by atoms with Gasteiger partial charge >= 0.3 is 0 Å². The first-order valence-corrected chi connectivity index (χ1v) is 10.5. The molecule has 5 heteroatoms. The Morgan fingerprint density at radius 1 is 0.867 bits per heavy atom. The Morgan fingerprint density at radius 3 is 2.50 bits per heavy atom. The van der Waals surface area contributed by atoms with Crippen LogP contribution in [0.2, 0.25) is 0 Å². The standard InChI is InChI=1S/C25H27N3O2/c29-24(17-27-25(30)22-11-10-19-6-1-3-8-21(19)16-22)26-13-5-14-28-15-12-20-7-2-4-9-23(20)18-28/h1-4,6-11,16H,5,12-15,17-18H2,(H,26,29)(H,27,30). The van der Waals surface area contributed by atoms with E-state index in [-0.39, 0.29) is 18.4 Å². The van der Waals surface area contributed by atoms with Crippen molar-refractivity contribution in [3.63, 3.8) is 0 Å². The number of hydrogen-bond acceptors (Lipinski definition) is 3. The van der Waals surface area contributed by atoms with Crippen molar-refractivity contribution >= 4 is 22.6 Å². The van der Waals surface area contributed by atoms with Crippen molar-refractivity contribution in [3.8, 4) is 0 Å². The molecule has 0 bridgehead atoms. The summed E-state index contributed by atoms with van der Waals surface area (Å²) in [4.78, 5) is 26.8. The molecule has 0 fully saturated rings. The van der Waals surface area contributed by atoms with E-state index in [1.165, 1.54) is 11.1 Å². The second-order valence-corrected chi connectivity index (χ2v) is 7.74. The van der Waals surface area contributed by atoms with Crippen LogP contribution in [0.1, 0.15) is 27.9 Å². The lowest BCUT2D eigenvalue weighted by Gasteiger charge is -2.28. The van der Waals surface area contributed by atoms with Gasteiger partial charge in [-0.05, 0) is 46.9 Å². The van der Waals surface area contributed by atoms with Gasteiger partial charge in [0.1, 0.15) is 0 Å². The molecule has 3 aromatic rings. The summed E-state index contributed by atoms with van der Waals surface area (Å²) in [6.45, 7) is 3.60. The van der Waals surface area contributed by atoms with Crippen LogP contribution >= 0.6 is 0 Å². The van der Waals surface area contributed by atoms with Crippen molar-refractivity contribution in [2.24, 2.45) is 0 Å². The number of fused-ring (bicyclic) bond motifs is 2. The van der Waals surface area contributed by atoms with Crippen molar-refractivity contribution in [2.75, 3.05) is 26.2 Å². The minimum Gasteiger partial charge on any atom is -0.355 e. The number of benzene rings is 3. The van der Waals surface area contributed by atoms with Gasteiger partial charge in [0.25, 0.3) is 5.91 Å². The second-order valence-electron chi connectivity index (χ2n) is 7.74. The molecule has 0 aromatic heterocycles. The summed E-state index contributed by atoms with van der Waals surface area (Å²) in [6.07, 6.45) is 1.98. The normalized spacial score (nSPS) is 13.6. The third-order valence-corrected chi connectivity index (χ3v) is 5.60. The van der Waals surface area contributed by atoms with Crippen molar-refractivity contribution in [3.05, 3.63) is 83.4 Å². The molecule has 1 aliphatic rings. The average Bonchev–Trinajstić information content (AvgIpc) is 2.80. The molecule has 1 heterocycles. The summed E-state index contributed by atoms with van der Waals surface area (Å²) in [6, 6.07) is 22.0. The molecule has 30 heavy (non-hydrogen) atoms. The highest BCUT2D eigenvalue weighted by Crippen LogP contribution is 2.18. The van der Waals surface area contributed by atoms with Crippen LogP contribution in [-0.2, 0) is 17.8 Å². The topological polar surface area (TPSA) is 61.4 Å². The van der Waals surface area contributed by atoms with Crippen molar-refractivity contribution in [2.45, 2.75) is 19.4 Å². The summed E-state index contributed by atoms with van der Waals surface area (Å²) in [5.41, 5.74) is 3.42. The van der Waals surface area contributed by atoms with Crippen LogP contribution in [0.4, 0.5) is 0 Å². The minimum atomic E-state index is -0.233. The Balaban J connectivity index is 1.16. The lowest BCUT2D eigenvalue weighted by atomic mass is 10.00. The molecule has 3 aromatic carbocycles. The van der Waals surface area contributed by atoms with Crippen LogP contribution < -0.4 is 10.6 Å². The molecule has 0 saturated heterocycles. The summed E-state index contributed by atoms with van der Waals surface area (Å²) >= 11 is 0. The number of carbonyl (C=O) groups is 2. The highest BCUT2D eigenvalue weighted by atomic mass is 16.2. The van der Waals surface area contributed by atoms with Gasteiger partial charge in [0.2, 0.25) is 5.91 Å². The fourth-order valence-electron chi connectivity index (χ4n) is 3.93. The van der Waals surface area contributed by atoms with Crippen molar-refractivity contribution in [1.29, 1.82) is 0 Å². The maximum absolute atomic E-state index is 12.3. The zero-order valence-corrected chi connectivity index (χ0v) is 17.1. The van der Waals surface area contributed by atoms with E-state index in [4.69, 9.17) is 0 Å². The molecule has 0 unspecified atom stereocenters. The molecule has 0 aliphatic carbocycles. The van der Waals surface area contributed by atoms with Gasteiger partial charge in [-0.25, -0.2) is 0 Å². The Labute approximate surface area is 177 Å². The van der Waals surface area contributed by atoms with E-state index >= 15 is 0 Å². The average molecular weight is 402 g/mol. The summed E-state index contributed by atoms with van der Waals surface area (Å²) in [5.74, 6) is -0.393. The quantitative estimate of drug-likeness (QED) is 0.598. The van der Waals surface area contributed by atoms with Crippen molar-refractivity contribution < 1.29 is 9.59 Å². The SMILES string of the molecule is O=C(CNC(=O)c1ccc2ccccc2c1)NCCCN1CCc2ccccc2C1. The van der Waals surface area contributed by atoms with Crippen LogP contribution in [0.3, 0.4) is 0 Å². The second kappa shape index (κ2) is 9.55. The molecule has 0 spiro atoms. The van der Waals surface area contributed by atoms with E-state index in [1.54, 1.807) is 6.07 Å². The summed E-state index contributed by atoms with van der Waals surface area (Å²) in [7, 11) is 0. The molecule has 0 atom stereocenters. The zero-order chi connectivity index (χ0) is 20.8. The van der Waals surface area contributed by atoms with Gasteiger partial charge in [-0.3, -0.25) is 14.5 Å². The van der Waals surface area contributed by atoms with Crippen LogP contribution in [0.25, 0.3) is 10.8 Å². The molecular weight excluding hydrogens is 374 g/mol. The molecule has 154 valence electrons. The number of hydrogen-bond donors (Lipinski definition) is 2. The van der Waals surface area contributed by atoms with Crippen LogP contribution in [-0.4, -0.2) is 42.9 Å². The molecular formula is C25H27N3O2. The molecule has 2 N–H and O–H groups in total. The Morgan fingerprint density at radius 2 is 1.63 bits per heavy atom. The molecule has 5 nitrogen and oxygen atoms in total. The molecule has 0 saturated carbocycles. The first-order valence-electron chi connectivity index (χ1n) is 10.5. The molecule has 2 amide bonds. The van der Waals surface area contributed by atoms with Crippen LogP contribution in [0.15, 0.2) is 66.7 Å². The fraction of sp³-hybridized carbons (Fsp3) is 0.280. The van der Waals surface area contributed by atoms with Gasteiger partial charge in [-0.2, -0.15) is 0 Å². The molecule has 1 aliphatic heterocycles. The van der Waals surface area contributed by atoms with E-state index < -0.39 is 0 Å². The molecule has 0 radical (unpaired) electrons. The number of amides is 2. The van der Waals surface area contributed by atoms with Crippen LogP contribution in [0.5, 0.6) is 0 Å². The Kier molecular flexibility index (Phi) is 6.40. The monoisotopic (exact) mass is 401 g/mol. The molecule has 4 rings (SSSR count). The highest BCUT2D eigenvalue weighted by Gasteiger charge is 2.15. The van der Waals surface area contributed by atoms with Gasteiger partial charge < -0.3 is 10.6 Å². The van der Waals surface area contributed by atoms with Gasteiger partial charge in [-0.15, -0.1) is 0 Å². The lowest BCUT2D eigenvalue weighted by molar-refractivity contribution is -0.120. The van der Waals surface area contributed by atoms with Gasteiger partial charge in [0, 0.05) is 31.7 Å². The fourth-order valence-corrected chi connectivity index (χ4v) is 3.93. The Hall–Kier alpha value is -3.18. The first kappa shape index (κ1) is 20.1. The maximum atomic E-state index is 12.3. The zero-order valence-electron chi connectivity index (χ0n) is 17.1. The van der Waals surface area contributed by atoms with E-state index in [9.17, 15) is 9.59 Å². The highest BCUT2D eigenvalue weighted by molar-refractivity contribution is 5.99. The lowest BCUT2D eigenvalue weighted by Crippen LogP contribution is -2.38. The third-order valence-electron chi connectivity index (χ3n) is 5.60. The maximum Gasteiger partial charge on any atom is 0.251 e. The predicted octanol–water partition coefficient (Wildman–Crippen LogP) is 3.13. The smallest absolute Gasteiger partial charge is 0.251 e. The minimum absolute atomic E-state index is 0.0112. The van der Waals surface area contributed by atoms with E-state index in [1.807, 2.05) is 36.4 Å². The van der Waals surface area contributed by atoms with Gasteiger partial charge in [0.15, 0.2) is 0 Å². The van der Waals surface area contributed by atoms with E-state index in [0.29, 0.717) is 12.1 Å². The largest absolute Gasteiger partial charge is 0.355 e. The predicted molar refractivity (Wildman–Crippen MR) is 119 cm³/mol. The third kappa shape index (κ3) is 5.05. The van der Waals surface area contributed by atoms with Gasteiger partial charge in [0.05, 0.1) is 6.54 Å². The number of nitrogens with one attached hydrogen (secondary N) is 2. The van der Waals surface area contributed by atoms with E-state index in [0.717, 1.165) is 43.2 Å². The van der Waals surface area contributed by atoms with Crippen LogP contribution in [0, 0.1) is 0 Å². The van der Waals surface area contributed by atoms with Gasteiger partial charge in [-0.1, -0.05) is 54.6 Å². The number of nitrogens with zero attached hydrogens (tertiary/aromatic N) is 1. The summed E-state index contributed by atoms with van der Waals surface area (Å²) < 4.78 is 0. The van der Waals surface area contributed by atoms with E-state index in [2.05, 4.69) is 39.8 Å². The summed E-state index contributed by atoms with van der Waals surface area (Å²) in [5, 5.41) is 7.70. The first-order chi connectivity index (χ1) is 14.7.